The molecule has 1 aromatic rings. The van der Waals surface area contributed by atoms with Crippen molar-refractivity contribution in [3.8, 4) is 0 Å². The Morgan fingerprint density at radius 3 is 2.67 bits per heavy atom. The average molecular weight is 248 g/mol. The Bertz CT molecular complexity index is 334. The fraction of sp³-hybridized carbons (Fsp3) is 0.688. The van der Waals surface area contributed by atoms with Crippen molar-refractivity contribution >= 4 is 0 Å². The molecule has 0 spiro atoms. The second-order valence-electron chi connectivity index (χ2n) is 5.56. The Kier molecular flexibility index (Phi) is 6.96. The standard InChI is InChI=1S/C16H28N2/c1-5-10-18-16(8-6-7-13(2)3)15-9-11-17-12-14(15)4/h9,11-13,16,18H,5-8,10H2,1-4H3. The first-order valence-electron chi connectivity index (χ1n) is 7.29. The minimum absolute atomic E-state index is 0.492. The Hall–Kier alpha value is -0.890. The normalized spacial score (nSPS) is 12.9. The van der Waals surface area contributed by atoms with E-state index >= 15 is 0 Å². The molecule has 1 rings (SSSR count). The van der Waals surface area contributed by atoms with Gasteiger partial charge in [0.2, 0.25) is 0 Å². The van der Waals surface area contributed by atoms with E-state index in [0.29, 0.717) is 6.04 Å². The van der Waals surface area contributed by atoms with Gasteiger partial charge in [-0.05, 0) is 49.4 Å². The predicted octanol–water partition coefficient (Wildman–Crippen LogP) is 4.26. The Morgan fingerprint density at radius 1 is 1.28 bits per heavy atom. The maximum Gasteiger partial charge on any atom is 0.0323 e. The van der Waals surface area contributed by atoms with Crippen LogP contribution in [0.5, 0.6) is 0 Å². The lowest BCUT2D eigenvalue weighted by molar-refractivity contribution is 0.446. The van der Waals surface area contributed by atoms with Gasteiger partial charge in [0.05, 0.1) is 0 Å². The fourth-order valence-corrected chi connectivity index (χ4v) is 2.29. The van der Waals surface area contributed by atoms with Crippen molar-refractivity contribution in [2.75, 3.05) is 6.54 Å². The third kappa shape index (κ3) is 5.18. The van der Waals surface area contributed by atoms with E-state index in [2.05, 4.69) is 44.1 Å². The highest BCUT2D eigenvalue weighted by Gasteiger charge is 2.12. The summed E-state index contributed by atoms with van der Waals surface area (Å²) in [7, 11) is 0. The van der Waals surface area contributed by atoms with Crippen LogP contribution < -0.4 is 5.32 Å². The van der Waals surface area contributed by atoms with Gasteiger partial charge in [-0.2, -0.15) is 0 Å². The molecular formula is C16H28N2. The maximum atomic E-state index is 4.19. The molecule has 18 heavy (non-hydrogen) atoms. The van der Waals surface area contributed by atoms with Crippen LogP contribution in [0.2, 0.25) is 0 Å². The van der Waals surface area contributed by atoms with Gasteiger partial charge in [-0.1, -0.05) is 33.6 Å². The van der Waals surface area contributed by atoms with E-state index in [1.807, 2.05) is 12.4 Å². The molecule has 0 aliphatic rings. The molecule has 1 atom stereocenters. The number of rotatable bonds is 8. The highest BCUT2D eigenvalue weighted by atomic mass is 14.9. The molecule has 1 aromatic heterocycles. The maximum absolute atomic E-state index is 4.19. The van der Waals surface area contributed by atoms with Crippen molar-refractivity contribution in [2.24, 2.45) is 5.92 Å². The summed E-state index contributed by atoms with van der Waals surface area (Å²) in [5.41, 5.74) is 2.72. The molecule has 0 aliphatic carbocycles. The summed E-state index contributed by atoms with van der Waals surface area (Å²) in [6, 6.07) is 2.66. The van der Waals surface area contributed by atoms with E-state index in [4.69, 9.17) is 0 Å². The molecule has 0 fully saturated rings. The molecule has 102 valence electrons. The van der Waals surface area contributed by atoms with Gasteiger partial charge >= 0.3 is 0 Å². The van der Waals surface area contributed by atoms with Crippen LogP contribution >= 0.6 is 0 Å². The number of aromatic nitrogens is 1. The second kappa shape index (κ2) is 8.25. The van der Waals surface area contributed by atoms with Crippen molar-refractivity contribution in [1.29, 1.82) is 0 Å². The average Bonchev–Trinajstić information content (AvgIpc) is 2.34. The van der Waals surface area contributed by atoms with Crippen molar-refractivity contribution in [1.82, 2.24) is 10.3 Å². The number of hydrogen-bond acceptors (Lipinski definition) is 2. The van der Waals surface area contributed by atoms with E-state index in [9.17, 15) is 0 Å². The first kappa shape index (κ1) is 15.2. The molecular weight excluding hydrogens is 220 g/mol. The van der Waals surface area contributed by atoms with Crippen molar-refractivity contribution in [2.45, 2.75) is 59.4 Å². The summed E-state index contributed by atoms with van der Waals surface area (Å²) in [5.74, 6) is 0.801. The van der Waals surface area contributed by atoms with Gasteiger partial charge in [0.15, 0.2) is 0 Å². The SMILES string of the molecule is CCCNC(CCCC(C)C)c1ccncc1C. The molecule has 1 unspecified atom stereocenters. The number of hydrogen-bond donors (Lipinski definition) is 1. The number of nitrogens with zero attached hydrogens (tertiary/aromatic N) is 1. The van der Waals surface area contributed by atoms with Crippen LogP contribution in [0.1, 0.15) is 63.6 Å². The fourth-order valence-electron chi connectivity index (χ4n) is 2.29. The van der Waals surface area contributed by atoms with Crippen molar-refractivity contribution in [3.63, 3.8) is 0 Å². The number of nitrogens with one attached hydrogen (secondary N) is 1. The van der Waals surface area contributed by atoms with E-state index in [1.54, 1.807) is 0 Å². The lowest BCUT2D eigenvalue weighted by Gasteiger charge is -2.21. The molecule has 0 radical (unpaired) electrons. The largest absolute Gasteiger partial charge is 0.310 e. The van der Waals surface area contributed by atoms with Gasteiger partial charge in [0.25, 0.3) is 0 Å². The van der Waals surface area contributed by atoms with E-state index in [-0.39, 0.29) is 0 Å². The zero-order chi connectivity index (χ0) is 13.4. The molecule has 0 aromatic carbocycles. The third-order valence-electron chi connectivity index (χ3n) is 3.35. The zero-order valence-corrected chi connectivity index (χ0v) is 12.4. The van der Waals surface area contributed by atoms with Crippen LogP contribution in [-0.4, -0.2) is 11.5 Å². The van der Waals surface area contributed by atoms with Gasteiger partial charge in [-0.25, -0.2) is 0 Å². The Labute approximate surface area is 112 Å². The summed E-state index contributed by atoms with van der Waals surface area (Å²) in [6.45, 7) is 10.1. The van der Waals surface area contributed by atoms with Crippen LogP contribution in [0.4, 0.5) is 0 Å². The number of pyridine rings is 1. The molecule has 1 N–H and O–H groups in total. The quantitative estimate of drug-likeness (QED) is 0.743. The van der Waals surface area contributed by atoms with Crippen LogP contribution in [0.3, 0.4) is 0 Å². The molecule has 2 nitrogen and oxygen atoms in total. The van der Waals surface area contributed by atoms with Gasteiger partial charge in [-0.3, -0.25) is 4.98 Å². The summed E-state index contributed by atoms with van der Waals surface area (Å²) in [6.07, 6.45) is 8.90. The van der Waals surface area contributed by atoms with Gasteiger partial charge in [-0.15, -0.1) is 0 Å². The van der Waals surface area contributed by atoms with Crippen LogP contribution in [0.25, 0.3) is 0 Å². The first-order chi connectivity index (χ1) is 8.65. The molecule has 1 heterocycles. The minimum atomic E-state index is 0.492. The van der Waals surface area contributed by atoms with Crippen LogP contribution in [0.15, 0.2) is 18.5 Å². The second-order valence-corrected chi connectivity index (χ2v) is 5.56. The molecule has 0 amide bonds. The Balaban J connectivity index is 2.62. The smallest absolute Gasteiger partial charge is 0.0323 e. The molecule has 0 saturated carbocycles. The summed E-state index contributed by atoms with van der Waals surface area (Å²) in [4.78, 5) is 4.19. The summed E-state index contributed by atoms with van der Waals surface area (Å²) in [5, 5.41) is 3.67. The number of aryl methyl sites for hydroxylation is 1. The van der Waals surface area contributed by atoms with E-state index < -0.39 is 0 Å². The van der Waals surface area contributed by atoms with Crippen LogP contribution in [0, 0.1) is 12.8 Å². The monoisotopic (exact) mass is 248 g/mol. The topological polar surface area (TPSA) is 24.9 Å². The van der Waals surface area contributed by atoms with Gasteiger partial charge in [0, 0.05) is 18.4 Å². The molecule has 0 aliphatic heterocycles. The first-order valence-corrected chi connectivity index (χ1v) is 7.29. The van der Waals surface area contributed by atoms with Crippen LogP contribution in [-0.2, 0) is 0 Å². The predicted molar refractivity (Wildman–Crippen MR) is 78.7 cm³/mol. The Morgan fingerprint density at radius 2 is 2.06 bits per heavy atom. The highest BCUT2D eigenvalue weighted by Crippen LogP contribution is 2.23. The van der Waals surface area contributed by atoms with Gasteiger partial charge in [0.1, 0.15) is 0 Å². The molecule has 0 saturated heterocycles. The summed E-state index contributed by atoms with van der Waals surface area (Å²) < 4.78 is 0. The van der Waals surface area contributed by atoms with Crippen molar-refractivity contribution in [3.05, 3.63) is 29.6 Å². The third-order valence-corrected chi connectivity index (χ3v) is 3.35. The molecule has 2 heteroatoms. The van der Waals surface area contributed by atoms with Crippen molar-refractivity contribution < 1.29 is 0 Å². The summed E-state index contributed by atoms with van der Waals surface area (Å²) >= 11 is 0. The molecule has 0 bridgehead atoms. The minimum Gasteiger partial charge on any atom is -0.310 e. The van der Waals surface area contributed by atoms with E-state index in [1.165, 1.54) is 36.8 Å². The van der Waals surface area contributed by atoms with E-state index in [0.717, 1.165) is 12.5 Å². The van der Waals surface area contributed by atoms with Gasteiger partial charge < -0.3 is 5.32 Å². The lowest BCUT2D eigenvalue weighted by atomic mass is 9.96. The highest BCUT2D eigenvalue weighted by molar-refractivity contribution is 5.25. The lowest BCUT2D eigenvalue weighted by Crippen LogP contribution is -2.23. The zero-order valence-electron chi connectivity index (χ0n) is 12.4.